The number of carboxylic acids is 1. The highest BCUT2D eigenvalue weighted by Gasteiger charge is 2.10. The van der Waals surface area contributed by atoms with E-state index in [4.69, 9.17) is 9.84 Å². The second-order valence-electron chi connectivity index (χ2n) is 4.19. The topological polar surface area (TPSA) is 75.6 Å². The first-order valence-corrected chi connectivity index (χ1v) is 6.79. The summed E-state index contributed by atoms with van der Waals surface area (Å²) < 4.78 is 5.92. The molecule has 0 saturated carbocycles. The van der Waals surface area contributed by atoms with E-state index in [0.717, 1.165) is 4.47 Å². The molecule has 0 heterocycles. The molecule has 0 aromatic heterocycles. The van der Waals surface area contributed by atoms with Crippen molar-refractivity contribution in [2.24, 2.45) is 0 Å². The van der Waals surface area contributed by atoms with Gasteiger partial charge in [-0.2, -0.15) is 0 Å². The number of hydrogen-bond donors (Lipinski definition) is 2. The molecule has 0 fully saturated rings. The minimum absolute atomic E-state index is 0.0658. The molecule has 0 saturated heterocycles. The van der Waals surface area contributed by atoms with Crippen LogP contribution in [-0.2, 0) is 0 Å². The lowest BCUT2D eigenvalue weighted by atomic mass is 10.1. The van der Waals surface area contributed by atoms with Crippen molar-refractivity contribution in [1.29, 1.82) is 0 Å². The molecule has 2 rings (SSSR count). The van der Waals surface area contributed by atoms with Crippen LogP contribution in [0.5, 0.6) is 5.75 Å². The minimum atomic E-state index is -1.07. The Kier molecular flexibility index (Phi) is 4.59. The minimum Gasteiger partial charge on any atom is -0.495 e. The van der Waals surface area contributed by atoms with E-state index in [-0.39, 0.29) is 17.0 Å². The first kappa shape index (κ1) is 15.1. The number of halogens is 1. The molecule has 108 valence electrons. The first-order chi connectivity index (χ1) is 10.0. The summed E-state index contributed by atoms with van der Waals surface area (Å²) in [5.74, 6) is -0.871. The molecule has 0 atom stereocenters. The van der Waals surface area contributed by atoms with E-state index in [2.05, 4.69) is 21.2 Å². The van der Waals surface area contributed by atoms with Crippen LogP contribution in [0.15, 0.2) is 46.9 Å². The summed E-state index contributed by atoms with van der Waals surface area (Å²) in [4.78, 5) is 23.0. The van der Waals surface area contributed by atoms with Crippen LogP contribution < -0.4 is 10.1 Å². The van der Waals surface area contributed by atoms with E-state index in [0.29, 0.717) is 11.4 Å². The fourth-order valence-electron chi connectivity index (χ4n) is 1.73. The van der Waals surface area contributed by atoms with Crippen LogP contribution >= 0.6 is 15.9 Å². The third kappa shape index (κ3) is 3.61. The summed E-state index contributed by atoms with van der Waals surface area (Å²) in [6.07, 6.45) is 0. The molecule has 0 spiro atoms. The van der Waals surface area contributed by atoms with Gasteiger partial charge in [0.2, 0.25) is 0 Å². The number of amides is 1. The first-order valence-electron chi connectivity index (χ1n) is 5.99. The number of ether oxygens (including phenoxy) is 1. The predicted molar refractivity (Wildman–Crippen MR) is 82.0 cm³/mol. The second kappa shape index (κ2) is 6.41. The summed E-state index contributed by atoms with van der Waals surface area (Å²) in [6, 6.07) is 11.0. The molecule has 0 aliphatic heterocycles. The van der Waals surface area contributed by atoms with Gasteiger partial charge in [-0.15, -0.1) is 0 Å². The molecule has 6 heteroatoms. The number of benzene rings is 2. The second-order valence-corrected chi connectivity index (χ2v) is 5.04. The Hall–Kier alpha value is -2.34. The lowest BCUT2D eigenvalue weighted by Crippen LogP contribution is -2.12. The van der Waals surface area contributed by atoms with Crippen molar-refractivity contribution in [3.63, 3.8) is 0 Å². The Morgan fingerprint density at radius 2 is 1.86 bits per heavy atom. The van der Waals surface area contributed by atoms with Crippen molar-refractivity contribution in [1.82, 2.24) is 0 Å². The number of nitrogens with one attached hydrogen (secondary N) is 1. The maximum Gasteiger partial charge on any atom is 0.335 e. The van der Waals surface area contributed by atoms with Gasteiger partial charge in [-0.3, -0.25) is 4.79 Å². The molecule has 21 heavy (non-hydrogen) atoms. The molecular weight excluding hydrogens is 338 g/mol. The number of aromatic carboxylic acids is 1. The van der Waals surface area contributed by atoms with Gasteiger partial charge in [0.25, 0.3) is 5.91 Å². The maximum absolute atomic E-state index is 12.1. The monoisotopic (exact) mass is 349 g/mol. The lowest BCUT2D eigenvalue weighted by Gasteiger charge is -2.09. The highest BCUT2D eigenvalue weighted by Crippen LogP contribution is 2.28. The Balaban J connectivity index is 2.22. The predicted octanol–water partition coefficient (Wildman–Crippen LogP) is 3.41. The van der Waals surface area contributed by atoms with Crippen molar-refractivity contribution in [3.05, 3.63) is 58.1 Å². The van der Waals surface area contributed by atoms with E-state index < -0.39 is 5.97 Å². The zero-order valence-electron chi connectivity index (χ0n) is 11.1. The summed E-state index contributed by atoms with van der Waals surface area (Å²) in [6.45, 7) is 0. The van der Waals surface area contributed by atoms with Crippen LogP contribution in [0.4, 0.5) is 5.69 Å². The number of hydrogen-bond acceptors (Lipinski definition) is 3. The number of methoxy groups -OCH3 is 1. The van der Waals surface area contributed by atoms with Crippen LogP contribution in [0.2, 0.25) is 0 Å². The maximum atomic E-state index is 12.1. The number of rotatable bonds is 4. The highest BCUT2D eigenvalue weighted by molar-refractivity contribution is 9.10. The summed E-state index contributed by atoms with van der Waals surface area (Å²) in [7, 11) is 1.53. The molecule has 0 aliphatic rings. The van der Waals surface area contributed by atoms with E-state index in [1.54, 1.807) is 24.3 Å². The van der Waals surface area contributed by atoms with E-state index >= 15 is 0 Å². The largest absolute Gasteiger partial charge is 0.495 e. The number of carboxylic acid groups (broad SMARTS) is 1. The van der Waals surface area contributed by atoms with E-state index in [1.807, 2.05) is 0 Å². The van der Waals surface area contributed by atoms with Gasteiger partial charge >= 0.3 is 5.97 Å². The molecule has 0 aliphatic carbocycles. The van der Waals surface area contributed by atoms with Gasteiger partial charge < -0.3 is 15.2 Å². The number of carbonyl (C=O) groups is 2. The van der Waals surface area contributed by atoms with Gasteiger partial charge in [-0.25, -0.2) is 4.79 Å². The third-order valence-corrected chi connectivity index (χ3v) is 3.44. The van der Waals surface area contributed by atoms with Gasteiger partial charge in [-0.05, 0) is 46.3 Å². The fourth-order valence-corrected chi connectivity index (χ4v) is 2.14. The third-order valence-electron chi connectivity index (χ3n) is 2.78. The zero-order chi connectivity index (χ0) is 15.4. The van der Waals surface area contributed by atoms with E-state index in [1.165, 1.54) is 25.3 Å². The van der Waals surface area contributed by atoms with Gasteiger partial charge in [0.1, 0.15) is 5.75 Å². The lowest BCUT2D eigenvalue weighted by molar-refractivity contribution is 0.0697. The molecule has 2 N–H and O–H groups in total. The van der Waals surface area contributed by atoms with Crippen LogP contribution in [0, 0.1) is 0 Å². The van der Waals surface area contributed by atoms with Crippen molar-refractivity contribution in [2.75, 3.05) is 12.4 Å². The molecule has 0 bridgehead atoms. The van der Waals surface area contributed by atoms with Gasteiger partial charge in [0.05, 0.1) is 17.1 Å². The molecule has 1 amide bonds. The van der Waals surface area contributed by atoms with Crippen molar-refractivity contribution in [3.8, 4) is 5.75 Å². The molecule has 5 nitrogen and oxygen atoms in total. The smallest absolute Gasteiger partial charge is 0.335 e. The molecule has 0 radical (unpaired) electrons. The normalized spacial score (nSPS) is 10.0. The number of anilines is 1. The molecule has 0 unspecified atom stereocenters. The van der Waals surface area contributed by atoms with Gasteiger partial charge in [0, 0.05) is 17.3 Å². The summed E-state index contributed by atoms with van der Waals surface area (Å²) >= 11 is 3.32. The SMILES string of the molecule is COc1cc(NC(=O)c2cccc(C(=O)O)c2)ccc1Br. The average Bonchev–Trinajstić information content (AvgIpc) is 2.49. The average molecular weight is 350 g/mol. The number of carbonyl (C=O) groups excluding carboxylic acids is 1. The Morgan fingerprint density at radius 1 is 1.14 bits per heavy atom. The molecule has 2 aromatic carbocycles. The van der Waals surface area contributed by atoms with Crippen molar-refractivity contribution in [2.45, 2.75) is 0 Å². The fraction of sp³-hybridized carbons (Fsp3) is 0.0667. The van der Waals surface area contributed by atoms with Crippen LogP contribution in [0.1, 0.15) is 20.7 Å². The standard InChI is InChI=1S/C15H12BrNO4/c1-21-13-8-11(5-6-12(13)16)17-14(18)9-3-2-4-10(7-9)15(19)20/h2-8H,1H3,(H,17,18)(H,19,20). The van der Waals surface area contributed by atoms with Gasteiger partial charge in [-0.1, -0.05) is 6.07 Å². The van der Waals surface area contributed by atoms with Gasteiger partial charge in [0.15, 0.2) is 0 Å². The van der Waals surface area contributed by atoms with Crippen molar-refractivity contribution < 1.29 is 19.4 Å². The van der Waals surface area contributed by atoms with Crippen molar-refractivity contribution >= 4 is 33.5 Å². The quantitative estimate of drug-likeness (QED) is 0.886. The van der Waals surface area contributed by atoms with Crippen LogP contribution in [0.25, 0.3) is 0 Å². The van der Waals surface area contributed by atoms with Crippen LogP contribution in [0.3, 0.4) is 0 Å². The zero-order valence-corrected chi connectivity index (χ0v) is 12.7. The molecule has 2 aromatic rings. The Bertz CT molecular complexity index is 700. The van der Waals surface area contributed by atoms with E-state index in [9.17, 15) is 9.59 Å². The summed E-state index contributed by atoms with van der Waals surface area (Å²) in [5, 5.41) is 11.6. The Labute approximate surface area is 129 Å². The highest BCUT2D eigenvalue weighted by atomic mass is 79.9. The van der Waals surface area contributed by atoms with Crippen LogP contribution in [-0.4, -0.2) is 24.1 Å². The summed E-state index contributed by atoms with van der Waals surface area (Å²) in [5.41, 5.74) is 0.897. The molecular formula is C15H12BrNO4. The Morgan fingerprint density at radius 3 is 2.52 bits per heavy atom.